The van der Waals surface area contributed by atoms with Gasteiger partial charge in [0.05, 0.1) is 7.11 Å². The molecular formula is C20H27NO. The van der Waals surface area contributed by atoms with Gasteiger partial charge >= 0.3 is 0 Å². The van der Waals surface area contributed by atoms with Crippen molar-refractivity contribution in [2.75, 3.05) is 20.2 Å². The van der Waals surface area contributed by atoms with Gasteiger partial charge in [0, 0.05) is 6.54 Å². The zero-order valence-electron chi connectivity index (χ0n) is 13.9. The fourth-order valence-corrected chi connectivity index (χ4v) is 2.87. The Labute approximate surface area is 134 Å². The summed E-state index contributed by atoms with van der Waals surface area (Å²) in [5, 5.41) is 3.48. The highest BCUT2D eigenvalue weighted by atomic mass is 16.5. The van der Waals surface area contributed by atoms with Crippen molar-refractivity contribution >= 4 is 0 Å². The molecule has 22 heavy (non-hydrogen) atoms. The van der Waals surface area contributed by atoms with Gasteiger partial charge in [-0.25, -0.2) is 0 Å². The summed E-state index contributed by atoms with van der Waals surface area (Å²) in [6, 6.07) is 17.2. The molecule has 1 aliphatic heterocycles. The van der Waals surface area contributed by atoms with Crippen LogP contribution in [0, 0.1) is 0 Å². The highest BCUT2D eigenvalue weighted by Crippen LogP contribution is 2.27. The molecular weight excluding hydrogens is 270 g/mol. The second-order valence-electron chi connectivity index (χ2n) is 5.39. The molecule has 0 aliphatic carbocycles. The molecule has 0 amide bonds. The Morgan fingerprint density at radius 2 is 1.50 bits per heavy atom. The SMILES string of the molecule is CC.COc1ccc(-c2ccc(C3CCCNC3)cc2)cc1. The predicted octanol–water partition coefficient (Wildman–Crippen LogP) is 4.86. The van der Waals surface area contributed by atoms with Gasteiger partial charge in [-0.3, -0.25) is 0 Å². The lowest BCUT2D eigenvalue weighted by Gasteiger charge is -2.23. The maximum Gasteiger partial charge on any atom is 0.118 e. The first kappa shape index (κ1) is 16.6. The topological polar surface area (TPSA) is 21.3 Å². The molecule has 1 unspecified atom stereocenters. The molecule has 2 aromatic carbocycles. The molecule has 1 saturated heterocycles. The van der Waals surface area contributed by atoms with Gasteiger partial charge in [-0.2, -0.15) is 0 Å². The minimum Gasteiger partial charge on any atom is -0.497 e. The fraction of sp³-hybridized carbons (Fsp3) is 0.400. The van der Waals surface area contributed by atoms with E-state index in [2.05, 4.69) is 41.7 Å². The van der Waals surface area contributed by atoms with Gasteiger partial charge in [-0.05, 0) is 54.1 Å². The summed E-state index contributed by atoms with van der Waals surface area (Å²) in [5.41, 5.74) is 3.95. The first-order valence-electron chi connectivity index (χ1n) is 8.32. The minimum atomic E-state index is 0.675. The molecule has 2 heteroatoms. The zero-order chi connectivity index (χ0) is 15.8. The minimum absolute atomic E-state index is 0.675. The van der Waals surface area contributed by atoms with Crippen molar-refractivity contribution in [3.63, 3.8) is 0 Å². The summed E-state index contributed by atoms with van der Waals surface area (Å²) < 4.78 is 5.20. The first-order valence-corrected chi connectivity index (χ1v) is 8.32. The van der Waals surface area contributed by atoms with E-state index in [1.165, 1.54) is 36.1 Å². The smallest absolute Gasteiger partial charge is 0.118 e. The van der Waals surface area contributed by atoms with Crippen molar-refractivity contribution in [2.24, 2.45) is 0 Å². The summed E-state index contributed by atoms with van der Waals surface area (Å²) in [6.07, 6.45) is 2.58. The Balaban J connectivity index is 0.000000847. The van der Waals surface area contributed by atoms with Crippen molar-refractivity contribution in [1.29, 1.82) is 0 Å². The van der Waals surface area contributed by atoms with Gasteiger partial charge in [0.15, 0.2) is 0 Å². The van der Waals surface area contributed by atoms with Crippen LogP contribution in [0.2, 0.25) is 0 Å². The molecule has 118 valence electrons. The van der Waals surface area contributed by atoms with Crippen LogP contribution in [0.15, 0.2) is 48.5 Å². The molecule has 0 bridgehead atoms. The largest absolute Gasteiger partial charge is 0.497 e. The van der Waals surface area contributed by atoms with Crippen molar-refractivity contribution in [3.8, 4) is 16.9 Å². The quantitative estimate of drug-likeness (QED) is 0.874. The van der Waals surface area contributed by atoms with Gasteiger partial charge in [-0.15, -0.1) is 0 Å². The third-order valence-electron chi connectivity index (χ3n) is 4.10. The number of methoxy groups -OCH3 is 1. The Hall–Kier alpha value is -1.80. The average Bonchev–Trinajstić information content (AvgIpc) is 2.64. The van der Waals surface area contributed by atoms with Gasteiger partial charge < -0.3 is 10.1 Å². The molecule has 2 aromatic rings. The molecule has 1 heterocycles. The van der Waals surface area contributed by atoms with Gasteiger partial charge in [0.2, 0.25) is 0 Å². The number of rotatable bonds is 3. The van der Waals surface area contributed by atoms with Crippen LogP contribution < -0.4 is 10.1 Å². The highest BCUT2D eigenvalue weighted by molar-refractivity contribution is 5.64. The zero-order valence-corrected chi connectivity index (χ0v) is 13.9. The summed E-state index contributed by atoms with van der Waals surface area (Å²) >= 11 is 0. The van der Waals surface area contributed by atoms with Crippen LogP contribution in [0.5, 0.6) is 5.75 Å². The molecule has 0 saturated carbocycles. The van der Waals surface area contributed by atoms with E-state index in [0.29, 0.717) is 5.92 Å². The van der Waals surface area contributed by atoms with Crippen molar-refractivity contribution in [2.45, 2.75) is 32.6 Å². The van der Waals surface area contributed by atoms with E-state index in [1.807, 2.05) is 26.0 Å². The van der Waals surface area contributed by atoms with Gasteiger partial charge in [0.25, 0.3) is 0 Å². The molecule has 0 spiro atoms. The lowest BCUT2D eigenvalue weighted by Crippen LogP contribution is -2.28. The third-order valence-corrected chi connectivity index (χ3v) is 4.10. The highest BCUT2D eigenvalue weighted by Gasteiger charge is 2.14. The summed E-state index contributed by atoms with van der Waals surface area (Å²) in [7, 11) is 1.70. The van der Waals surface area contributed by atoms with E-state index in [-0.39, 0.29) is 0 Å². The Morgan fingerprint density at radius 1 is 0.909 bits per heavy atom. The van der Waals surface area contributed by atoms with Crippen LogP contribution in [0.3, 0.4) is 0 Å². The molecule has 0 radical (unpaired) electrons. The second kappa shape index (κ2) is 8.60. The van der Waals surface area contributed by atoms with Crippen LogP contribution in [0.1, 0.15) is 38.2 Å². The molecule has 2 nitrogen and oxygen atoms in total. The van der Waals surface area contributed by atoms with E-state index in [1.54, 1.807) is 7.11 Å². The van der Waals surface area contributed by atoms with E-state index >= 15 is 0 Å². The third kappa shape index (κ3) is 4.11. The predicted molar refractivity (Wildman–Crippen MR) is 94.6 cm³/mol. The van der Waals surface area contributed by atoms with E-state index in [4.69, 9.17) is 4.74 Å². The first-order chi connectivity index (χ1) is 10.9. The van der Waals surface area contributed by atoms with Crippen LogP contribution in [0.25, 0.3) is 11.1 Å². The Bertz CT molecular complexity index is 539. The van der Waals surface area contributed by atoms with Crippen LogP contribution in [-0.2, 0) is 0 Å². The summed E-state index contributed by atoms with van der Waals surface area (Å²) in [5.74, 6) is 1.58. The summed E-state index contributed by atoms with van der Waals surface area (Å²) in [4.78, 5) is 0. The van der Waals surface area contributed by atoms with Crippen molar-refractivity contribution in [1.82, 2.24) is 5.32 Å². The summed E-state index contributed by atoms with van der Waals surface area (Å²) in [6.45, 7) is 6.28. The average molecular weight is 297 g/mol. The van der Waals surface area contributed by atoms with E-state index in [9.17, 15) is 0 Å². The van der Waals surface area contributed by atoms with Crippen molar-refractivity contribution < 1.29 is 4.74 Å². The molecule has 1 fully saturated rings. The number of benzene rings is 2. The molecule has 1 N–H and O–H groups in total. The number of piperidine rings is 1. The van der Waals surface area contributed by atoms with Crippen molar-refractivity contribution in [3.05, 3.63) is 54.1 Å². The number of hydrogen-bond acceptors (Lipinski definition) is 2. The maximum atomic E-state index is 5.20. The normalized spacial score (nSPS) is 17.3. The standard InChI is InChI=1S/C18H21NO.C2H6/c1-20-18-10-8-15(9-11-18)14-4-6-16(7-5-14)17-3-2-12-19-13-17;1-2/h4-11,17,19H,2-3,12-13H2,1H3;1-2H3. The second-order valence-corrected chi connectivity index (χ2v) is 5.39. The molecule has 0 aromatic heterocycles. The van der Waals surface area contributed by atoms with Crippen LogP contribution in [0.4, 0.5) is 0 Å². The fourth-order valence-electron chi connectivity index (χ4n) is 2.87. The van der Waals surface area contributed by atoms with E-state index < -0.39 is 0 Å². The monoisotopic (exact) mass is 297 g/mol. The van der Waals surface area contributed by atoms with Crippen LogP contribution in [-0.4, -0.2) is 20.2 Å². The molecule has 3 rings (SSSR count). The lowest BCUT2D eigenvalue weighted by molar-refractivity contribution is 0.415. The maximum absolute atomic E-state index is 5.20. The number of ether oxygens (including phenoxy) is 1. The number of hydrogen-bond donors (Lipinski definition) is 1. The van der Waals surface area contributed by atoms with Gasteiger partial charge in [-0.1, -0.05) is 50.2 Å². The van der Waals surface area contributed by atoms with Gasteiger partial charge in [0.1, 0.15) is 5.75 Å². The molecule has 1 atom stereocenters. The van der Waals surface area contributed by atoms with Crippen LogP contribution >= 0.6 is 0 Å². The molecule has 1 aliphatic rings. The van der Waals surface area contributed by atoms with E-state index in [0.717, 1.165) is 12.3 Å². The Morgan fingerprint density at radius 3 is 2.00 bits per heavy atom. The lowest BCUT2D eigenvalue weighted by atomic mass is 9.90. The number of nitrogens with one attached hydrogen (secondary N) is 1. The Kier molecular flexibility index (Phi) is 6.47.